The van der Waals surface area contributed by atoms with E-state index in [9.17, 15) is 19.2 Å². The highest BCUT2D eigenvalue weighted by atomic mass is 79.9. The van der Waals surface area contributed by atoms with Crippen LogP contribution in [0.5, 0.6) is 5.75 Å². The van der Waals surface area contributed by atoms with Gasteiger partial charge in [0.05, 0.1) is 30.6 Å². The Morgan fingerprint density at radius 3 is 2.35 bits per heavy atom. The summed E-state index contributed by atoms with van der Waals surface area (Å²) in [7, 11) is 5.41. The average Bonchev–Trinajstić information content (AvgIpc) is 3.15. The van der Waals surface area contributed by atoms with E-state index in [4.69, 9.17) is 4.74 Å². The van der Waals surface area contributed by atoms with E-state index < -0.39 is 0 Å². The lowest BCUT2D eigenvalue weighted by atomic mass is 9.71. The Hall–Kier alpha value is -4.23. The molecule has 13 heteroatoms. The van der Waals surface area contributed by atoms with E-state index in [1.807, 2.05) is 29.2 Å². The molecule has 4 aliphatic heterocycles. The lowest BCUT2D eigenvalue weighted by Gasteiger charge is -2.47. The van der Waals surface area contributed by atoms with Crippen molar-refractivity contribution in [2.45, 2.75) is 62.8 Å². The molecule has 4 fully saturated rings. The van der Waals surface area contributed by atoms with Gasteiger partial charge in [0.25, 0.3) is 11.5 Å². The minimum absolute atomic E-state index is 0.1000. The number of rotatable bonds is 7. The molecule has 5 heterocycles. The number of likely N-dealkylation sites (N-methyl/N-ethyl adjacent to an activating group) is 1. The third-order valence-electron chi connectivity index (χ3n) is 11.8. The van der Waals surface area contributed by atoms with Gasteiger partial charge in [-0.05, 0) is 108 Å². The van der Waals surface area contributed by atoms with Crippen molar-refractivity contribution < 1.29 is 19.1 Å². The molecule has 3 amide bonds. The molecule has 0 bridgehead atoms. The molecule has 7 rings (SSSR count). The van der Waals surface area contributed by atoms with Gasteiger partial charge < -0.3 is 24.8 Å². The fraction of sp³-hybridized carbons (Fsp3) is 0.513. The van der Waals surface area contributed by atoms with E-state index in [2.05, 4.69) is 66.7 Å². The van der Waals surface area contributed by atoms with Crippen LogP contribution in [0.1, 0.15) is 78.3 Å². The molecule has 12 nitrogen and oxygen atoms in total. The van der Waals surface area contributed by atoms with Crippen molar-refractivity contribution >= 4 is 45.0 Å². The number of carbonyl (C=O) groups is 3. The minimum atomic E-state index is -0.341. The van der Waals surface area contributed by atoms with Crippen LogP contribution in [0.15, 0.2) is 57.9 Å². The number of piperidine rings is 4. The Kier molecular flexibility index (Phi) is 10.4. The summed E-state index contributed by atoms with van der Waals surface area (Å²) >= 11 is 3.43. The SMILES string of the molecule is COc1cc(C2CCC(=O)NC2=O)ccc1N1CCC2(CCN(C(=O)c3ccc([C@@H]4C[C@H](Nc5cnn(C)c(=O)c5Br)CN(C)C4)cc3)CC2)CC1. The lowest BCUT2D eigenvalue weighted by Crippen LogP contribution is -2.48. The van der Waals surface area contributed by atoms with Crippen molar-refractivity contribution in [1.82, 2.24) is 24.9 Å². The summed E-state index contributed by atoms with van der Waals surface area (Å²) in [5.41, 5.74) is 4.61. The first-order chi connectivity index (χ1) is 25.0. The molecule has 1 unspecified atom stereocenters. The van der Waals surface area contributed by atoms with Crippen LogP contribution in [-0.2, 0) is 16.6 Å². The number of methoxy groups -OCH3 is 1. The molecule has 0 aliphatic carbocycles. The molecule has 0 radical (unpaired) electrons. The number of hydrogen-bond donors (Lipinski definition) is 2. The average molecular weight is 775 g/mol. The second-order valence-electron chi connectivity index (χ2n) is 15.1. The molecular formula is C39H48BrN7O5. The van der Waals surface area contributed by atoms with Crippen LogP contribution < -0.4 is 25.8 Å². The van der Waals surface area contributed by atoms with E-state index in [0.717, 1.165) is 93.9 Å². The van der Waals surface area contributed by atoms with Gasteiger partial charge >= 0.3 is 0 Å². The monoisotopic (exact) mass is 773 g/mol. The van der Waals surface area contributed by atoms with Crippen molar-refractivity contribution in [3.63, 3.8) is 0 Å². The molecule has 1 aromatic heterocycles. The normalized spacial score (nSPS) is 23.7. The maximum absolute atomic E-state index is 13.6. The predicted octanol–water partition coefficient (Wildman–Crippen LogP) is 4.49. The van der Waals surface area contributed by atoms with Gasteiger partial charge in [0.1, 0.15) is 10.2 Å². The first-order valence-electron chi connectivity index (χ1n) is 18.4. The Balaban J connectivity index is 0.921. The van der Waals surface area contributed by atoms with Gasteiger partial charge in [-0.3, -0.25) is 24.5 Å². The third kappa shape index (κ3) is 7.48. The number of amides is 3. The predicted molar refractivity (Wildman–Crippen MR) is 203 cm³/mol. The van der Waals surface area contributed by atoms with Crippen LogP contribution in [-0.4, -0.2) is 96.8 Å². The number of nitrogens with one attached hydrogen (secondary N) is 2. The highest BCUT2D eigenvalue weighted by molar-refractivity contribution is 9.10. The zero-order valence-corrected chi connectivity index (χ0v) is 31.8. The van der Waals surface area contributed by atoms with Gasteiger partial charge in [-0.1, -0.05) is 18.2 Å². The van der Waals surface area contributed by atoms with Crippen LogP contribution in [0.25, 0.3) is 0 Å². The number of aryl methyl sites for hydroxylation is 1. The summed E-state index contributed by atoms with van der Waals surface area (Å²) < 4.78 is 7.59. The van der Waals surface area contributed by atoms with Gasteiger partial charge in [0, 0.05) is 64.3 Å². The van der Waals surface area contributed by atoms with E-state index >= 15 is 0 Å². The Labute approximate surface area is 313 Å². The topological polar surface area (TPSA) is 129 Å². The summed E-state index contributed by atoms with van der Waals surface area (Å²) in [6.07, 6.45) is 7.57. The minimum Gasteiger partial charge on any atom is -0.495 e. The molecule has 276 valence electrons. The zero-order valence-electron chi connectivity index (χ0n) is 30.2. The smallest absolute Gasteiger partial charge is 0.282 e. The van der Waals surface area contributed by atoms with Gasteiger partial charge in [-0.2, -0.15) is 5.10 Å². The molecule has 4 aliphatic rings. The van der Waals surface area contributed by atoms with Crippen molar-refractivity contribution in [3.8, 4) is 5.75 Å². The van der Waals surface area contributed by atoms with E-state index in [1.54, 1.807) is 20.4 Å². The van der Waals surface area contributed by atoms with Crippen molar-refractivity contribution in [2.75, 3.05) is 63.6 Å². The number of halogens is 1. The van der Waals surface area contributed by atoms with E-state index in [-0.39, 0.29) is 40.7 Å². The largest absolute Gasteiger partial charge is 0.495 e. The summed E-state index contributed by atoms with van der Waals surface area (Å²) in [4.78, 5) is 56.8. The maximum atomic E-state index is 13.6. The third-order valence-corrected chi connectivity index (χ3v) is 12.6. The first kappa shape index (κ1) is 36.1. The first-order valence-corrected chi connectivity index (χ1v) is 19.1. The van der Waals surface area contributed by atoms with Crippen molar-refractivity contribution in [2.24, 2.45) is 12.5 Å². The molecule has 3 atom stereocenters. The second kappa shape index (κ2) is 15.0. The Morgan fingerprint density at radius 1 is 0.962 bits per heavy atom. The van der Waals surface area contributed by atoms with Gasteiger partial charge in [-0.25, -0.2) is 4.68 Å². The van der Waals surface area contributed by atoms with E-state index in [0.29, 0.717) is 28.9 Å². The molecule has 3 aromatic rings. The standard InChI is InChI=1S/C39H48BrN7O5/c1-44-23-28(20-29(24-44)42-31-22-41-45(2)38(51)35(31)40)25-4-6-26(7-5-25)37(50)47-18-14-39(15-19-47)12-16-46(17-13-39)32-10-8-27(21-33(32)52-3)30-9-11-34(48)43-36(30)49/h4-8,10,21-22,28-30,42H,9,11-20,23-24H2,1-3H3,(H,43,48,49)/t28-,29+,30?/m1/s1. The van der Waals surface area contributed by atoms with Gasteiger partial charge in [0.15, 0.2) is 0 Å². The molecule has 0 saturated carbocycles. The van der Waals surface area contributed by atoms with Crippen LogP contribution in [0.2, 0.25) is 0 Å². The summed E-state index contributed by atoms with van der Waals surface area (Å²) in [5, 5.41) is 10.1. The number of likely N-dealkylation sites (tertiary alicyclic amines) is 2. The van der Waals surface area contributed by atoms with Crippen LogP contribution in [0.4, 0.5) is 11.4 Å². The van der Waals surface area contributed by atoms with Crippen LogP contribution >= 0.6 is 15.9 Å². The van der Waals surface area contributed by atoms with E-state index in [1.165, 1.54) is 10.2 Å². The zero-order chi connectivity index (χ0) is 36.6. The Morgan fingerprint density at radius 2 is 1.65 bits per heavy atom. The van der Waals surface area contributed by atoms with Crippen molar-refractivity contribution in [3.05, 3.63) is 80.2 Å². The maximum Gasteiger partial charge on any atom is 0.282 e. The number of anilines is 2. The number of imide groups is 1. The fourth-order valence-corrected chi connectivity index (χ4v) is 9.14. The second-order valence-corrected chi connectivity index (χ2v) is 15.9. The number of ether oxygens (including phenoxy) is 1. The van der Waals surface area contributed by atoms with Crippen LogP contribution in [0, 0.1) is 5.41 Å². The summed E-state index contributed by atoms with van der Waals surface area (Å²) in [6.45, 7) is 5.13. The fourth-order valence-electron chi connectivity index (χ4n) is 8.67. The molecule has 2 aromatic carbocycles. The number of hydrogen-bond acceptors (Lipinski definition) is 9. The molecule has 4 saturated heterocycles. The summed E-state index contributed by atoms with van der Waals surface area (Å²) in [5.74, 6) is 0.352. The molecule has 52 heavy (non-hydrogen) atoms. The number of aromatic nitrogens is 2. The summed E-state index contributed by atoms with van der Waals surface area (Å²) in [6, 6.07) is 14.3. The van der Waals surface area contributed by atoms with Gasteiger partial charge in [-0.15, -0.1) is 0 Å². The van der Waals surface area contributed by atoms with Gasteiger partial charge in [0.2, 0.25) is 11.8 Å². The number of benzene rings is 2. The lowest BCUT2D eigenvalue weighted by molar-refractivity contribution is -0.134. The Bertz CT molecular complexity index is 1880. The quantitative estimate of drug-likeness (QED) is 0.334. The highest BCUT2D eigenvalue weighted by Gasteiger charge is 2.39. The molecule has 1 spiro atoms. The highest BCUT2D eigenvalue weighted by Crippen LogP contribution is 2.44. The number of nitrogens with zero attached hydrogens (tertiary/aromatic N) is 5. The van der Waals surface area contributed by atoms with Crippen LogP contribution in [0.3, 0.4) is 0 Å². The molecular weight excluding hydrogens is 726 g/mol. The molecule has 2 N–H and O–H groups in total. The van der Waals surface area contributed by atoms with Crippen molar-refractivity contribution in [1.29, 1.82) is 0 Å². The number of carbonyl (C=O) groups excluding carboxylic acids is 3.